The smallest absolute Gasteiger partial charge is 0.323 e. The minimum absolute atomic E-state index is 0.262. The summed E-state index contributed by atoms with van der Waals surface area (Å²) in [6.07, 6.45) is 1.47. The number of nitrogens with zero attached hydrogens (tertiary/aromatic N) is 2. The van der Waals surface area contributed by atoms with E-state index >= 15 is 0 Å². The number of ether oxygens (including phenoxy) is 1. The average molecular weight is 294 g/mol. The molecule has 114 valence electrons. The Morgan fingerprint density at radius 2 is 2.33 bits per heavy atom. The lowest BCUT2D eigenvalue weighted by Crippen LogP contribution is -2.44. The van der Waals surface area contributed by atoms with Crippen molar-refractivity contribution in [1.82, 2.24) is 15.1 Å². The van der Waals surface area contributed by atoms with E-state index in [1.807, 2.05) is 0 Å². The number of amides is 2. The Morgan fingerprint density at radius 3 is 3.00 bits per heavy atom. The van der Waals surface area contributed by atoms with E-state index in [4.69, 9.17) is 4.74 Å². The molecule has 1 aliphatic heterocycles. The van der Waals surface area contributed by atoms with Gasteiger partial charge in [-0.3, -0.25) is 14.9 Å². The lowest BCUT2D eigenvalue weighted by Gasteiger charge is -2.31. The summed E-state index contributed by atoms with van der Waals surface area (Å²) in [6, 6.07) is 2.35. The number of likely N-dealkylation sites (tertiary alicyclic amines) is 1. The van der Waals surface area contributed by atoms with E-state index in [0.29, 0.717) is 19.7 Å². The van der Waals surface area contributed by atoms with E-state index in [2.05, 4.69) is 15.5 Å². The zero-order chi connectivity index (χ0) is 15.2. The predicted molar refractivity (Wildman–Crippen MR) is 74.8 cm³/mol. The largest absolute Gasteiger partial charge is 0.466 e. The predicted octanol–water partition coefficient (Wildman–Crippen LogP) is 0.577. The summed E-state index contributed by atoms with van der Waals surface area (Å²) < 4.78 is 4.99. The first-order chi connectivity index (χ1) is 10.1. The molecule has 1 aliphatic rings. The van der Waals surface area contributed by atoms with Gasteiger partial charge in [0.05, 0.1) is 12.5 Å². The van der Waals surface area contributed by atoms with E-state index in [1.165, 1.54) is 12.1 Å². The third-order valence-corrected chi connectivity index (χ3v) is 3.24. The summed E-state index contributed by atoms with van der Waals surface area (Å²) in [6.45, 7) is 3.00. The van der Waals surface area contributed by atoms with E-state index < -0.39 is 0 Å². The Morgan fingerprint density at radius 1 is 1.52 bits per heavy atom. The van der Waals surface area contributed by atoms with Gasteiger partial charge in [-0.25, -0.2) is 9.89 Å². The van der Waals surface area contributed by atoms with Crippen LogP contribution in [0.3, 0.4) is 0 Å². The number of nitrogens with one attached hydrogen (secondary N) is 2. The molecule has 0 radical (unpaired) electrons. The molecular weight excluding hydrogens is 276 g/mol. The molecule has 1 fully saturated rings. The van der Waals surface area contributed by atoms with Crippen molar-refractivity contribution in [2.75, 3.05) is 25.0 Å². The number of urea groups is 1. The van der Waals surface area contributed by atoms with Crippen molar-refractivity contribution in [3.8, 4) is 0 Å². The summed E-state index contributed by atoms with van der Waals surface area (Å²) in [4.78, 5) is 36.3. The molecule has 1 saturated heterocycles. The Hall–Kier alpha value is -2.38. The van der Waals surface area contributed by atoms with E-state index in [-0.39, 0.29) is 29.3 Å². The maximum Gasteiger partial charge on any atom is 0.323 e. The number of piperidine rings is 1. The standard InChI is InChI=1S/C13H18N4O4/c1-2-21-12(19)9-4-3-7-17(8-9)13(20)14-10-5-6-11(18)16-15-10/h5-6,9H,2-4,7-8H2,1H3,(H,16,18)(H,14,15,20). The van der Waals surface area contributed by atoms with E-state index in [9.17, 15) is 14.4 Å². The van der Waals surface area contributed by atoms with Crippen LogP contribution in [0.1, 0.15) is 19.8 Å². The second-order valence-electron chi connectivity index (χ2n) is 4.77. The van der Waals surface area contributed by atoms with Crippen LogP contribution in [0.5, 0.6) is 0 Å². The number of carbonyl (C=O) groups is 2. The molecule has 0 bridgehead atoms. The van der Waals surface area contributed by atoms with Crippen molar-refractivity contribution in [2.45, 2.75) is 19.8 Å². The number of hydrogen-bond donors (Lipinski definition) is 2. The molecule has 1 atom stereocenters. The highest BCUT2D eigenvalue weighted by Gasteiger charge is 2.29. The molecule has 0 aliphatic carbocycles. The van der Waals surface area contributed by atoms with Gasteiger partial charge >= 0.3 is 12.0 Å². The Kier molecular flexibility index (Phi) is 4.91. The molecule has 1 aromatic heterocycles. The zero-order valence-electron chi connectivity index (χ0n) is 11.8. The topological polar surface area (TPSA) is 104 Å². The van der Waals surface area contributed by atoms with Crippen LogP contribution in [0.2, 0.25) is 0 Å². The molecule has 8 heteroatoms. The maximum atomic E-state index is 12.1. The van der Waals surface area contributed by atoms with Crippen LogP contribution >= 0.6 is 0 Å². The molecule has 2 rings (SSSR count). The molecule has 0 spiro atoms. The number of anilines is 1. The van der Waals surface area contributed by atoms with Gasteiger partial charge in [0.25, 0.3) is 5.56 Å². The van der Waals surface area contributed by atoms with Crippen molar-refractivity contribution in [3.63, 3.8) is 0 Å². The molecule has 0 aromatic carbocycles. The van der Waals surface area contributed by atoms with Gasteiger partial charge in [-0.15, -0.1) is 0 Å². The molecule has 2 heterocycles. The minimum Gasteiger partial charge on any atom is -0.466 e. The minimum atomic E-state index is -0.344. The van der Waals surface area contributed by atoms with Gasteiger partial charge in [0.15, 0.2) is 5.82 Å². The fraction of sp³-hybridized carbons (Fsp3) is 0.538. The number of esters is 1. The van der Waals surface area contributed by atoms with Crippen LogP contribution in [0, 0.1) is 5.92 Å². The van der Waals surface area contributed by atoms with Gasteiger partial charge in [0, 0.05) is 19.2 Å². The SMILES string of the molecule is CCOC(=O)C1CCCN(C(=O)Nc2ccc(=O)[nH]n2)C1. The van der Waals surface area contributed by atoms with Gasteiger partial charge in [-0.2, -0.15) is 5.10 Å². The second kappa shape index (κ2) is 6.87. The van der Waals surface area contributed by atoms with Gasteiger partial charge < -0.3 is 9.64 Å². The third kappa shape index (κ3) is 4.04. The number of aromatic nitrogens is 2. The summed E-state index contributed by atoms with van der Waals surface area (Å²) in [7, 11) is 0. The molecule has 0 saturated carbocycles. The normalized spacial score (nSPS) is 18.1. The second-order valence-corrected chi connectivity index (χ2v) is 4.77. The van der Waals surface area contributed by atoms with Gasteiger partial charge in [0.1, 0.15) is 0 Å². The van der Waals surface area contributed by atoms with Gasteiger partial charge in [0.2, 0.25) is 0 Å². The Bertz CT molecular complexity index is 551. The molecule has 21 heavy (non-hydrogen) atoms. The van der Waals surface area contributed by atoms with Crippen LogP contribution in [0.4, 0.5) is 10.6 Å². The molecule has 1 unspecified atom stereocenters. The average Bonchev–Trinajstić information content (AvgIpc) is 2.50. The Labute approximate surface area is 121 Å². The number of rotatable bonds is 3. The summed E-state index contributed by atoms with van der Waals surface area (Å²) >= 11 is 0. The lowest BCUT2D eigenvalue weighted by atomic mass is 9.98. The van der Waals surface area contributed by atoms with Gasteiger partial charge in [-0.05, 0) is 25.8 Å². The van der Waals surface area contributed by atoms with Crippen LogP contribution in [-0.4, -0.2) is 46.8 Å². The van der Waals surface area contributed by atoms with Crippen LogP contribution in [0.25, 0.3) is 0 Å². The molecule has 2 N–H and O–H groups in total. The summed E-state index contributed by atoms with van der Waals surface area (Å²) in [5.74, 6) is -0.289. The Balaban J connectivity index is 1.94. The van der Waals surface area contributed by atoms with E-state index in [0.717, 1.165) is 12.8 Å². The van der Waals surface area contributed by atoms with Crippen molar-refractivity contribution < 1.29 is 14.3 Å². The molecule has 2 amide bonds. The van der Waals surface area contributed by atoms with Crippen molar-refractivity contribution in [2.24, 2.45) is 5.92 Å². The highest BCUT2D eigenvalue weighted by Crippen LogP contribution is 2.18. The first kappa shape index (κ1) is 15.0. The lowest BCUT2D eigenvalue weighted by molar-refractivity contribution is -0.149. The molecule has 1 aromatic rings. The zero-order valence-corrected chi connectivity index (χ0v) is 11.8. The van der Waals surface area contributed by atoms with Crippen LogP contribution < -0.4 is 10.9 Å². The quantitative estimate of drug-likeness (QED) is 0.793. The number of aromatic amines is 1. The maximum absolute atomic E-state index is 12.1. The highest BCUT2D eigenvalue weighted by molar-refractivity contribution is 5.88. The monoisotopic (exact) mass is 294 g/mol. The number of hydrogen-bond acceptors (Lipinski definition) is 5. The van der Waals surface area contributed by atoms with Crippen molar-refractivity contribution >= 4 is 17.8 Å². The fourth-order valence-electron chi connectivity index (χ4n) is 2.22. The highest BCUT2D eigenvalue weighted by atomic mass is 16.5. The van der Waals surface area contributed by atoms with E-state index in [1.54, 1.807) is 11.8 Å². The third-order valence-electron chi connectivity index (χ3n) is 3.24. The van der Waals surface area contributed by atoms with Crippen molar-refractivity contribution in [3.05, 3.63) is 22.5 Å². The molecular formula is C13H18N4O4. The number of H-pyrrole nitrogens is 1. The van der Waals surface area contributed by atoms with Crippen molar-refractivity contribution in [1.29, 1.82) is 0 Å². The van der Waals surface area contributed by atoms with Crippen LogP contribution in [-0.2, 0) is 9.53 Å². The van der Waals surface area contributed by atoms with Crippen LogP contribution in [0.15, 0.2) is 16.9 Å². The first-order valence-electron chi connectivity index (χ1n) is 6.88. The summed E-state index contributed by atoms with van der Waals surface area (Å²) in [5, 5.41) is 8.53. The fourth-order valence-corrected chi connectivity index (χ4v) is 2.22. The molecule has 8 nitrogen and oxygen atoms in total. The number of carbonyl (C=O) groups excluding carboxylic acids is 2. The van der Waals surface area contributed by atoms with Gasteiger partial charge in [-0.1, -0.05) is 0 Å². The first-order valence-corrected chi connectivity index (χ1v) is 6.88. The summed E-state index contributed by atoms with van der Waals surface area (Å²) in [5.41, 5.74) is -0.339.